The van der Waals surface area contributed by atoms with Crippen molar-refractivity contribution in [2.75, 3.05) is 18.4 Å². The first-order chi connectivity index (χ1) is 13.6. The van der Waals surface area contributed by atoms with Crippen molar-refractivity contribution in [2.45, 2.75) is 31.7 Å². The Hall–Kier alpha value is -2.54. The molecule has 1 fully saturated rings. The number of fused-ring (bicyclic) bond motifs is 1. The quantitative estimate of drug-likeness (QED) is 0.679. The van der Waals surface area contributed by atoms with Gasteiger partial charge in [-0.1, -0.05) is 12.1 Å². The van der Waals surface area contributed by atoms with Crippen molar-refractivity contribution in [3.8, 4) is 0 Å². The van der Waals surface area contributed by atoms with E-state index in [1.807, 2.05) is 29.2 Å². The standard InChI is InChI=1S/C21H21F2N3OS/c22-16-8-7-14(12-17(16)23)24-15-4-3-11-26(13-15)21(27)10-9-20-25-18-5-1-2-6-19(18)28-20/h1-2,5-8,12,15,24H,3-4,9-11,13H2. The van der Waals surface area contributed by atoms with E-state index >= 15 is 0 Å². The number of carbonyl (C=O) groups is 1. The number of benzene rings is 2. The Morgan fingerprint density at radius 1 is 1.21 bits per heavy atom. The van der Waals surface area contributed by atoms with E-state index in [0.29, 0.717) is 25.1 Å². The van der Waals surface area contributed by atoms with E-state index in [0.717, 1.165) is 46.7 Å². The second kappa shape index (κ2) is 8.22. The second-order valence-electron chi connectivity index (χ2n) is 7.03. The van der Waals surface area contributed by atoms with Gasteiger partial charge in [0.05, 0.1) is 15.2 Å². The van der Waals surface area contributed by atoms with Crippen LogP contribution in [-0.4, -0.2) is 34.9 Å². The fraction of sp³-hybridized carbons (Fsp3) is 0.333. The number of hydrogen-bond donors (Lipinski definition) is 1. The van der Waals surface area contributed by atoms with Gasteiger partial charge in [0.2, 0.25) is 5.91 Å². The summed E-state index contributed by atoms with van der Waals surface area (Å²) in [6.07, 6.45) is 2.84. The summed E-state index contributed by atoms with van der Waals surface area (Å²) in [6.45, 7) is 1.30. The van der Waals surface area contributed by atoms with Gasteiger partial charge in [0.25, 0.3) is 0 Å². The smallest absolute Gasteiger partial charge is 0.223 e. The highest BCUT2D eigenvalue weighted by Gasteiger charge is 2.24. The average Bonchev–Trinajstić information content (AvgIpc) is 3.12. The lowest BCUT2D eigenvalue weighted by Gasteiger charge is -2.33. The molecule has 1 N–H and O–H groups in total. The Morgan fingerprint density at radius 2 is 2.07 bits per heavy atom. The molecular weight excluding hydrogens is 380 g/mol. The predicted octanol–water partition coefficient (Wildman–Crippen LogP) is 4.61. The van der Waals surface area contributed by atoms with Gasteiger partial charge in [-0.2, -0.15) is 0 Å². The fourth-order valence-corrected chi connectivity index (χ4v) is 4.51. The molecule has 1 amide bonds. The minimum atomic E-state index is -0.871. The van der Waals surface area contributed by atoms with Crippen molar-refractivity contribution in [1.29, 1.82) is 0 Å². The molecular formula is C21H21F2N3OS. The summed E-state index contributed by atoms with van der Waals surface area (Å²) in [6, 6.07) is 11.8. The van der Waals surface area contributed by atoms with Crippen LogP contribution in [0.4, 0.5) is 14.5 Å². The Balaban J connectivity index is 1.33. The van der Waals surface area contributed by atoms with Crippen LogP contribution in [0.1, 0.15) is 24.3 Å². The minimum absolute atomic E-state index is 0.0324. The van der Waals surface area contributed by atoms with Gasteiger partial charge < -0.3 is 10.2 Å². The molecule has 28 heavy (non-hydrogen) atoms. The predicted molar refractivity (Wildman–Crippen MR) is 108 cm³/mol. The van der Waals surface area contributed by atoms with Gasteiger partial charge in [-0.05, 0) is 37.1 Å². The number of carbonyl (C=O) groups excluding carboxylic acids is 1. The molecule has 0 spiro atoms. The van der Waals surface area contributed by atoms with Crippen LogP contribution in [0, 0.1) is 11.6 Å². The molecule has 0 radical (unpaired) electrons. The molecule has 2 heterocycles. The van der Waals surface area contributed by atoms with E-state index in [2.05, 4.69) is 10.3 Å². The number of rotatable bonds is 5. The van der Waals surface area contributed by atoms with Gasteiger partial charge >= 0.3 is 0 Å². The molecule has 1 aromatic heterocycles. The van der Waals surface area contributed by atoms with Crippen LogP contribution < -0.4 is 5.32 Å². The fourth-order valence-electron chi connectivity index (χ4n) is 3.54. The highest BCUT2D eigenvalue weighted by Crippen LogP contribution is 2.23. The maximum atomic E-state index is 13.4. The van der Waals surface area contributed by atoms with Crippen LogP contribution >= 0.6 is 11.3 Å². The van der Waals surface area contributed by atoms with Gasteiger partial charge in [-0.25, -0.2) is 13.8 Å². The molecule has 4 rings (SSSR count). The maximum absolute atomic E-state index is 13.4. The van der Waals surface area contributed by atoms with Gasteiger partial charge in [0.1, 0.15) is 0 Å². The summed E-state index contributed by atoms with van der Waals surface area (Å²) < 4.78 is 27.6. The number of hydrogen-bond acceptors (Lipinski definition) is 4. The summed E-state index contributed by atoms with van der Waals surface area (Å²) in [5, 5.41) is 4.19. The SMILES string of the molecule is O=C(CCc1nc2ccccc2s1)N1CCCC(Nc2ccc(F)c(F)c2)C1. The number of nitrogens with zero attached hydrogens (tertiary/aromatic N) is 2. The summed E-state index contributed by atoms with van der Waals surface area (Å²) in [5.41, 5.74) is 1.51. The van der Waals surface area contributed by atoms with Crippen molar-refractivity contribution >= 4 is 33.1 Å². The molecule has 1 unspecified atom stereocenters. The van der Waals surface area contributed by atoms with Crippen molar-refractivity contribution in [2.24, 2.45) is 0 Å². The van der Waals surface area contributed by atoms with Crippen LogP contribution in [-0.2, 0) is 11.2 Å². The average molecular weight is 401 g/mol. The lowest BCUT2D eigenvalue weighted by molar-refractivity contribution is -0.132. The molecule has 1 aliphatic heterocycles. The van der Waals surface area contributed by atoms with E-state index in [1.165, 1.54) is 6.07 Å². The molecule has 4 nitrogen and oxygen atoms in total. The second-order valence-corrected chi connectivity index (χ2v) is 8.14. The number of aromatic nitrogens is 1. The maximum Gasteiger partial charge on any atom is 0.223 e. The van der Waals surface area contributed by atoms with Crippen LogP contribution in [0.15, 0.2) is 42.5 Å². The summed E-state index contributed by atoms with van der Waals surface area (Å²) in [4.78, 5) is 19.1. The van der Waals surface area contributed by atoms with Crippen LogP contribution in [0.3, 0.4) is 0 Å². The third-order valence-electron chi connectivity index (χ3n) is 4.96. The zero-order chi connectivity index (χ0) is 19.5. The van der Waals surface area contributed by atoms with Gasteiger partial charge in [-0.3, -0.25) is 4.79 Å². The number of anilines is 1. The topological polar surface area (TPSA) is 45.2 Å². The molecule has 3 aromatic rings. The van der Waals surface area contributed by atoms with Gasteiger partial charge in [-0.15, -0.1) is 11.3 Å². The first-order valence-electron chi connectivity index (χ1n) is 9.42. The third-order valence-corrected chi connectivity index (χ3v) is 6.05. The van der Waals surface area contributed by atoms with Gasteiger partial charge in [0, 0.05) is 43.7 Å². The number of para-hydroxylation sites is 1. The van der Waals surface area contributed by atoms with E-state index in [4.69, 9.17) is 0 Å². The number of nitrogens with one attached hydrogen (secondary N) is 1. The van der Waals surface area contributed by atoms with E-state index in [9.17, 15) is 13.6 Å². The van der Waals surface area contributed by atoms with Crippen LogP contribution in [0.5, 0.6) is 0 Å². The highest BCUT2D eigenvalue weighted by atomic mass is 32.1. The Labute approximate surface area is 166 Å². The number of amides is 1. The zero-order valence-corrected chi connectivity index (χ0v) is 16.1. The van der Waals surface area contributed by atoms with Gasteiger partial charge in [0.15, 0.2) is 11.6 Å². The summed E-state index contributed by atoms with van der Waals surface area (Å²) >= 11 is 1.63. The first kappa shape index (κ1) is 18.8. The molecule has 146 valence electrons. The molecule has 1 aliphatic rings. The van der Waals surface area contributed by atoms with Crippen molar-refractivity contribution in [3.63, 3.8) is 0 Å². The highest BCUT2D eigenvalue weighted by molar-refractivity contribution is 7.18. The summed E-state index contributed by atoms with van der Waals surface area (Å²) in [7, 11) is 0. The largest absolute Gasteiger partial charge is 0.380 e. The molecule has 0 aliphatic carbocycles. The number of halogens is 2. The third kappa shape index (κ3) is 4.30. The lowest BCUT2D eigenvalue weighted by Crippen LogP contribution is -2.45. The molecule has 2 aromatic carbocycles. The molecule has 1 saturated heterocycles. The number of thiazole rings is 1. The van der Waals surface area contributed by atoms with E-state index in [1.54, 1.807) is 11.3 Å². The Morgan fingerprint density at radius 3 is 2.89 bits per heavy atom. The number of aryl methyl sites for hydroxylation is 1. The van der Waals surface area contributed by atoms with E-state index < -0.39 is 11.6 Å². The number of likely N-dealkylation sites (tertiary alicyclic amines) is 1. The minimum Gasteiger partial charge on any atom is -0.380 e. The summed E-state index contributed by atoms with van der Waals surface area (Å²) in [5.74, 6) is -1.62. The first-order valence-corrected chi connectivity index (χ1v) is 10.2. The van der Waals surface area contributed by atoms with Crippen molar-refractivity contribution in [3.05, 3.63) is 59.1 Å². The molecule has 0 bridgehead atoms. The van der Waals surface area contributed by atoms with Crippen molar-refractivity contribution < 1.29 is 13.6 Å². The van der Waals surface area contributed by atoms with Crippen LogP contribution in [0.2, 0.25) is 0 Å². The van der Waals surface area contributed by atoms with Crippen LogP contribution in [0.25, 0.3) is 10.2 Å². The van der Waals surface area contributed by atoms with E-state index in [-0.39, 0.29) is 11.9 Å². The monoisotopic (exact) mass is 401 g/mol. The molecule has 7 heteroatoms. The van der Waals surface area contributed by atoms with Crippen molar-refractivity contribution in [1.82, 2.24) is 9.88 Å². The Bertz CT molecular complexity index is 958. The zero-order valence-electron chi connectivity index (χ0n) is 15.3. The molecule has 0 saturated carbocycles. The number of piperidine rings is 1. The Kier molecular flexibility index (Phi) is 5.52. The lowest BCUT2D eigenvalue weighted by atomic mass is 10.0. The molecule has 1 atom stereocenters. The normalized spacial score (nSPS) is 17.1.